The Bertz CT molecular complexity index is 1010. The summed E-state index contributed by atoms with van der Waals surface area (Å²) in [6.45, 7) is -0.673. The number of aromatic nitrogens is 2. The Kier molecular flexibility index (Phi) is 5.79. The van der Waals surface area contributed by atoms with Gasteiger partial charge in [0.25, 0.3) is 10.2 Å². The third kappa shape index (κ3) is 4.54. The van der Waals surface area contributed by atoms with Gasteiger partial charge in [0.2, 0.25) is 0 Å². The van der Waals surface area contributed by atoms with Gasteiger partial charge in [0.15, 0.2) is 5.69 Å². The second-order valence-corrected chi connectivity index (χ2v) is 8.90. The Hall–Kier alpha value is -1.96. The smallest absolute Gasteiger partial charge is 0.277 e. The van der Waals surface area contributed by atoms with Crippen LogP contribution in [-0.4, -0.2) is 52.7 Å². The summed E-state index contributed by atoms with van der Waals surface area (Å²) in [5, 5.41) is 24.9. The monoisotopic (exact) mass is 479 g/mol. The number of rotatable bonds is 7. The number of halogens is 3. The maximum atomic E-state index is 14.6. The van der Waals surface area contributed by atoms with Gasteiger partial charge in [0.05, 0.1) is 17.6 Å². The average Bonchev–Trinajstić information content (AvgIpc) is 3.06. The molecule has 0 bridgehead atoms. The number of nitrogens with zero attached hydrogens (tertiary/aromatic N) is 4. The van der Waals surface area contributed by atoms with Crippen LogP contribution in [0.3, 0.4) is 0 Å². The number of nitrogens with two attached hydrogens (primary N) is 1. The second kappa shape index (κ2) is 7.81. The fraction of sp³-hybridized carbons (Fsp3) is 0.400. The molecule has 152 valence electrons. The number of hydrogen-bond donors (Lipinski definition) is 2. The number of hydrogen-bond acceptors (Lipinski definition) is 7. The van der Waals surface area contributed by atoms with Crippen molar-refractivity contribution in [3.8, 4) is 0 Å². The molecule has 1 saturated heterocycles. The molecule has 9 nitrogen and oxygen atoms in total. The largest absolute Gasteiger partial charge is 0.411 e. The predicted octanol–water partition coefficient (Wildman–Crippen LogP) is 1.55. The lowest BCUT2D eigenvalue weighted by atomic mass is 9.92. The van der Waals surface area contributed by atoms with Crippen LogP contribution in [0.15, 0.2) is 32.5 Å². The van der Waals surface area contributed by atoms with Crippen molar-refractivity contribution in [3.05, 3.63) is 45.4 Å². The highest BCUT2D eigenvalue weighted by molar-refractivity contribution is 9.10. The van der Waals surface area contributed by atoms with Gasteiger partial charge in [0.1, 0.15) is 22.9 Å². The SMILES string of the molecule is NS(=O)(=O)N1CC(F)(CCc2nonc2/C(Cc2ccc(F)c(Br)c2)=N/O)C1. The zero-order valence-corrected chi connectivity index (χ0v) is 16.8. The molecule has 0 spiro atoms. The molecule has 3 N–H and O–H groups in total. The highest BCUT2D eigenvalue weighted by atomic mass is 79.9. The van der Waals surface area contributed by atoms with Gasteiger partial charge in [-0.2, -0.15) is 12.7 Å². The van der Waals surface area contributed by atoms with Crippen molar-refractivity contribution in [1.29, 1.82) is 0 Å². The average molecular weight is 480 g/mol. The van der Waals surface area contributed by atoms with Crippen LogP contribution in [-0.2, 0) is 23.1 Å². The van der Waals surface area contributed by atoms with Crippen molar-refractivity contribution in [2.75, 3.05) is 13.1 Å². The van der Waals surface area contributed by atoms with Crippen LogP contribution < -0.4 is 5.14 Å². The van der Waals surface area contributed by atoms with Gasteiger partial charge in [-0.15, -0.1) is 0 Å². The zero-order chi connectivity index (χ0) is 20.5. The molecule has 1 aliphatic rings. The summed E-state index contributed by atoms with van der Waals surface area (Å²) in [4.78, 5) is 0. The first-order valence-corrected chi connectivity index (χ1v) is 10.3. The van der Waals surface area contributed by atoms with E-state index >= 15 is 0 Å². The molecule has 2 aromatic rings. The molecule has 2 heterocycles. The highest BCUT2D eigenvalue weighted by Crippen LogP contribution is 2.31. The summed E-state index contributed by atoms with van der Waals surface area (Å²) in [6, 6.07) is 4.31. The van der Waals surface area contributed by atoms with E-state index in [1.165, 1.54) is 18.2 Å². The molecule has 0 radical (unpaired) electrons. The molecule has 28 heavy (non-hydrogen) atoms. The number of oxime groups is 1. The summed E-state index contributed by atoms with van der Waals surface area (Å²) in [5.74, 6) is -0.433. The van der Waals surface area contributed by atoms with Crippen LogP contribution >= 0.6 is 15.9 Å². The Morgan fingerprint density at radius 2 is 2.14 bits per heavy atom. The van der Waals surface area contributed by atoms with Crippen LogP contribution in [0.25, 0.3) is 0 Å². The molecule has 1 aromatic heterocycles. The highest BCUT2D eigenvalue weighted by Gasteiger charge is 2.47. The van der Waals surface area contributed by atoms with Gasteiger partial charge in [-0.25, -0.2) is 18.5 Å². The molecule has 1 aromatic carbocycles. The molecule has 13 heteroatoms. The van der Waals surface area contributed by atoms with E-state index in [1.807, 2.05) is 0 Å². The van der Waals surface area contributed by atoms with E-state index in [-0.39, 0.29) is 53.9 Å². The Morgan fingerprint density at radius 3 is 2.75 bits per heavy atom. The normalized spacial score (nSPS) is 17.5. The predicted molar refractivity (Wildman–Crippen MR) is 97.3 cm³/mol. The number of aryl methyl sites for hydroxylation is 1. The summed E-state index contributed by atoms with van der Waals surface area (Å²) < 4.78 is 56.0. The van der Waals surface area contributed by atoms with E-state index in [9.17, 15) is 22.4 Å². The minimum absolute atomic E-state index is 0.0406. The molecule has 0 unspecified atom stereocenters. The van der Waals surface area contributed by atoms with Gasteiger partial charge in [-0.3, -0.25) is 0 Å². The van der Waals surface area contributed by atoms with Gasteiger partial charge in [-0.1, -0.05) is 16.4 Å². The van der Waals surface area contributed by atoms with Gasteiger partial charge in [0, 0.05) is 6.42 Å². The zero-order valence-electron chi connectivity index (χ0n) is 14.3. The number of alkyl halides is 1. The summed E-state index contributed by atoms with van der Waals surface area (Å²) in [6.07, 6.45) is 0.150. The third-order valence-electron chi connectivity index (χ3n) is 4.40. The van der Waals surface area contributed by atoms with E-state index in [1.54, 1.807) is 0 Å². The van der Waals surface area contributed by atoms with Crippen LogP contribution in [0.1, 0.15) is 23.4 Å². The van der Waals surface area contributed by atoms with Crippen LogP contribution in [0.5, 0.6) is 0 Å². The molecule has 3 rings (SSSR count). The molecule has 1 aliphatic heterocycles. The maximum Gasteiger partial charge on any atom is 0.277 e. The lowest BCUT2D eigenvalue weighted by molar-refractivity contribution is 0.0140. The molecule has 0 atom stereocenters. The van der Waals surface area contributed by atoms with E-state index < -0.39 is 21.7 Å². The van der Waals surface area contributed by atoms with Crippen LogP contribution in [0, 0.1) is 5.82 Å². The first-order valence-electron chi connectivity index (χ1n) is 8.05. The van der Waals surface area contributed by atoms with Crippen LogP contribution in [0.2, 0.25) is 0 Å². The second-order valence-electron chi connectivity index (χ2n) is 6.50. The first-order chi connectivity index (χ1) is 13.1. The van der Waals surface area contributed by atoms with Crippen molar-refractivity contribution in [2.45, 2.75) is 24.9 Å². The quantitative estimate of drug-likeness (QED) is 0.351. The Morgan fingerprint density at radius 1 is 1.43 bits per heavy atom. The minimum Gasteiger partial charge on any atom is -0.411 e. The van der Waals surface area contributed by atoms with Crippen molar-refractivity contribution in [1.82, 2.24) is 14.6 Å². The van der Waals surface area contributed by atoms with E-state index in [0.717, 1.165) is 4.31 Å². The lowest BCUT2D eigenvalue weighted by Crippen LogP contribution is -2.62. The number of benzene rings is 1. The first kappa shape index (κ1) is 20.8. The van der Waals surface area contributed by atoms with Gasteiger partial charge >= 0.3 is 0 Å². The molecule has 0 saturated carbocycles. The van der Waals surface area contributed by atoms with Crippen LogP contribution in [0.4, 0.5) is 8.78 Å². The fourth-order valence-corrected chi connectivity index (χ4v) is 4.11. The van der Waals surface area contributed by atoms with Gasteiger partial charge in [-0.05, 0) is 51.6 Å². The fourth-order valence-electron chi connectivity index (χ4n) is 2.87. The van der Waals surface area contributed by atoms with E-state index in [0.29, 0.717) is 5.56 Å². The topological polar surface area (TPSA) is 135 Å². The van der Waals surface area contributed by atoms with Gasteiger partial charge < -0.3 is 5.21 Å². The molecule has 1 fully saturated rings. The Labute approximate surface area is 167 Å². The molecular weight excluding hydrogens is 464 g/mol. The lowest BCUT2D eigenvalue weighted by Gasteiger charge is -2.42. The summed E-state index contributed by atoms with van der Waals surface area (Å²) in [7, 11) is -3.91. The molecule has 0 aliphatic carbocycles. The Balaban J connectivity index is 1.68. The minimum atomic E-state index is -3.91. The van der Waals surface area contributed by atoms with E-state index in [2.05, 4.69) is 31.4 Å². The molecular formula is C15H16BrF2N5O4S. The van der Waals surface area contributed by atoms with Crippen molar-refractivity contribution >= 4 is 31.9 Å². The maximum absolute atomic E-state index is 14.6. The van der Waals surface area contributed by atoms with Crippen molar-refractivity contribution in [3.63, 3.8) is 0 Å². The third-order valence-corrected chi connectivity index (χ3v) is 5.98. The summed E-state index contributed by atoms with van der Waals surface area (Å²) >= 11 is 3.08. The van der Waals surface area contributed by atoms with E-state index in [4.69, 9.17) is 9.77 Å². The summed E-state index contributed by atoms with van der Waals surface area (Å²) in [5.41, 5.74) is -0.572. The standard InChI is InChI=1S/C15H16BrF2N5O4S/c16-10-5-9(1-2-11(10)17)6-13(20-24)14-12(21-27-22-14)3-4-15(18)7-23(8-15)28(19,25)26/h1-2,5,24H,3-4,6-8H2,(H2,19,25,26)/b20-13+. The van der Waals surface area contributed by atoms with Crippen molar-refractivity contribution in [2.24, 2.45) is 10.3 Å². The molecule has 0 amide bonds. The van der Waals surface area contributed by atoms with Crippen molar-refractivity contribution < 1.29 is 27.0 Å².